The van der Waals surface area contributed by atoms with E-state index >= 15 is 0 Å². The largest absolute Gasteiger partial charge is 0.394 e. The summed E-state index contributed by atoms with van der Waals surface area (Å²) >= 11 is 0. The molecule has 25 heavy (non-hydrogen) atoms. The van der Waals surface area contributed by atoms with E-state index in [0.29, 0.717) is 11.2 Å². The summed E-state index contributed by atoms with van der Waals surface area (Å²) in [5.41, 5.74) is 6.60. The third-order valence-corrected chi connectivity index (χ3v) is 4.07. The van der Waals surface area contributed by atoms with Gasteiger partial charge in [-0.1, -0.05) is 0 Å². The molecule has 5 N–H and O–H groups in total. The number of imidazole rings is 1. The lowest BCUT2D eigenvalue weighted by atomic mass is 10.1. The smallest absolute Gasteiger partial charge is 0.222 e. The third-order valence-electron chi connectivity index (χ3n) is 4.07. The van der Waals surface area contributed by atoms with Crippen LogP contribution in [0, 0.1) is 0 Å². The van der Waals surface area contributed by atoms with E-state index in [1.807, 2.05) is 0 Å². The molecular formula is C14H20N6O5. The molecule has 1 amide bonds. The van der Waals surface area contributed by atoms with Gasteiger partial charge in [0.05, 0.1) is 19.5 Å². The van der Waals surface area contributed by atoms with E-state index in [4.69, 9.17) is 15.2 Å². The van der Waals surface area contributed by atoms with Crippen LogP contribution >= 0.6 is 0 Å². The Bertz CT molecular complexity index is 752. The highest BCUT2D eigenvalue weighted by Crippen LogP contribution is 2.33. The molecule has 1 aliphatic heterocycles. The third kappa shape index (κ3) is 3.26. The number of aliphatic hydroxyl groups excluding tert-OH is 2. The fraction of sp³-hybridized carbons (Fsp3) is 0.571. The number of nitrogens with zero attached hydrogens (tertiary/aromatic N) is 4. The van der Waals surface area contributed by atoms with Gasteiger partial charge in [-0.2, -0.15) is 0 Å². The van der Waals surface area contributed by atoms with Crippen LogP contribution in [0.25, 0.3) is 11.2 Å². The van der Waals surface area contributed by atoms with Crippen LogP contribution in [0.2, 0.25) is 0 Å². The van der Waals surface area contributed by atoms with Crippen LogP contribution < -0.4 is 11.1 Å². The van der Waals surface area contributed by atoms with Gasteiger partial charge in [0.2, 0.25) is 5.91 Å². The molecule has 0 radical (unpaired) electrons. The maximum absolute atomic E-state index is 11.3. The number of hydrogen-bond acceptors (Lipinski definition) is 9. The van der Waals surface area contributed by atoms with Crippen LogP contribution in [0.15, 0.2) is 12.7 Å². The molecule has 136 valence electrons. The lowest BCUT2D eigenvalue weighted by molar-refractivity contribution is -0.123. The van der Waals surface area contributed by atoms with Crippen molar-refractivity contribution in [2.45, 2.75) is 31.0 Å². The zero-order valence-corrected chi connectivity index (χ0v) is 13.6. The van der Waals surface area contributed by atoms with Crippen molar-refractivity contribution in [1.82, 2.24) is 24.8 Å². The summed E-state index contributed by atoms with van der Waals surface area (Å²) in [6, 6.07) is 0. The number of nitrogens with one attached hydrogen (secondary N) is 1. The Labute approximate surface area is 142 Å². The van der Waals surface area contributed by atoms with E-state index in [0.717, 1.165) is 0 Å². The quantitative estimate of drug-likeness (QED) is 0.470. The van der Waals surface area contributed by atoms with E-state index in [1.165, 1.54) is 19.7 Å². The average Bonchev–Trinajstić information content (AvgIpc) is 3.17. The highest BCUT2D eigenvalue weighted by molar-refractivity contribution is 5.81. The monoisotopic (exact) mass is 352 g/mol. The summed E-state index contributed by atoms with van der Waals surface area (Å²) in [5, 5.41) is 22.3. The topological polar surface area (TPSA) is 158 Å². The van der Waals surface area contributed by atoms with E-state index in [2.05, 4.69) is 20.3 Å². The van der Waals surface area contributed by atoms with Gasteiger partial charge in [-0.3, -0.25) is 9.36 Å². The summed E-state index contributed by atoms with van der Waals surface area (Å²) in [5.74, 6) is 0.0374. The van der Waals surface area contributed by atoms with Crippen molar-refractivity contribution in [2.75, 3.05) is 26.0 Å². The standard InChI is InChI=1S/C14H20N6O5/c1-16-8(22)2-3-24-11-10(23)7(4-21)25-14(11)20-6-19-9-12(15)17-5-18-13(9)20/h5-7,10-11,14,21,23H,2-4H2,1H3,(H,16,22)(H2,15,17,18)/t7-,10?,11+,14-/m1/s1. The number of rotatable bonds is 6. The van der Waals surface area contributed by atoms with Crippen LogP contribution in [0.4, 0.5) is 5.82 Å². The van der Waals surface area contributed by atoms with Gasteiger partial charge in [0, 0.05) is 13.5 Å². The molecule has 2 aromatic heterocycles. The molecule has 0 aliphatic carbocycles. The first-order valence-electron chi connectivity index (χ1n) is 7.76. The number of ether oxygens (including phenoxy) is 2. The van der Waals surface area contributed by atoms with Crippen molar-refractivity contribution in [3.05, 3.63) is 12.7 Å². The van der Waals surface area contributed by atoms with Gasteiger partial charge in [0.1, 0.15) is 30.2 Å². The van der Waals surface area contributed by atoms with Crippen LogP contribution in [-0.4, -0.2) is 74.2 Å². The Morgan fingerprint density at radius 1 is 1.48 bits per heavy atom. The second-order valence-corrected chi connectivity index (χ2v) is 5.58. The molecule has 0 bridgehead atoms. The summed E-state index contributed by atoms with van der Waals surface area (Å²) in [6.07, 6.45) is -0.598. The molecule has 3 rings (SSSR count). The minimum atomic E-state index is -1.07. The Morgan fingerprint density at radius 3 is 3.00 bits per heavy atom. The van der Waals surface area contributed by atoms with Gasteiger partial charge in [-0.15, -0.1) is 0 Å². The van der Waals surface area contributed by atoms with Crippen LogP contribution in [0.3, 0.4) is 0 Å². The lowest BCUT2D eigenvalue weighted by Gasteiger charge is -2.22. The second kappa shape index (κ2) is 7.27. The molecule has 11 nitrogen and oxygen atoms in total. The molecule has 4 atom stereocenters. The molecule has 1 fully saturated rings. The highest BCUT2D eigenvalue weighted by atomic mass is 16.6. The van der Waals surface area contributed by atoms with E-state index in [-0.39, 0.29) is 31.4 Å². The second-order valence-electron chi connectivity index (χ2n) is 5.58. The van der Waals surface area contributed by atoms with E-state index in [9.17, 15) is 15.0 Å². The maximum Gasteiger partial charge on any atom is 0.222 e. The Balaban J connectivity index is 1.85. The molecule has 2 aromatic rings. The first-order valence-corrected chi connectivity index (χ1v) is 7.76. The van der Waals surface area contributed by atoms with Crippen molar-refractivity contribution in [1.29, 1.82) is 0 Å². The maximum atomic E-state index is 11.3. The number of anilines is 1. The number of carbonyl (C=O) groups is 1. The van der Waals surface area contributed by atoms with Crippen molar-refractivity contribution in [2.24, 2.45) is 0 Å². The molecule has 0 aromatic carbocycles. The normalized spacial score (nSPS) is 26.2. The molecule has 1 saturated heterocycles. The molecule has 0 saturated carbocycles. The van der Waals surface area contributed by atoms with Crippen molar-refractivity contribution < 1.29 is 24.5 Å². The Hall–Kier alpha value is -2.34. The average molecular weight is 352 g/mol. The Morgan fingerprint density at radius 2 is 2.28 bits per heavy atom. The van der Waals surface area contributed by atoms with Crippen molar-refractivity contribution in [3.8, 4) is 0 Å². The van der Waals surface area contributed by atoms with Gasteiger partial charge in [0.15, 0.2) is 17.7 Å². The van der Waals surface area contributed by atoms with Gasteiger partial charge in [0.25, 0.3) is 0 Å². The minimum absolute atomic E-state index is 0.0865. The predicted molar refractivity (Wildman–Crippen MR) is 85.2 cm³/mol. The number of amides is 1. The minimum Gasteiger partial charge on any atom is -0.394 e. The number of aromatic nitrogens is 4. The molecular weight excluding hydrogens is 332 g/mol. The van der Waals surface area contributed by atoms with Gasteiger partial charge in [-0.25, -0.2) is 15.0 Å². The van der Waals surface area contributed by atoms with E-state index < -0.39 is 24.5 Å². The number of hydrogen-bond donors (Lipinski definition) is 4. The van der Waals surface area contributed by atoms with Crippen molar-refractivity contribution >= 4 is 22.9 Å². The summed E-state index contributed by atoms with van der Waals surface area (Å²) in [6.45, 7) is -0.292. The first kappa shape index (κ1) is 17.5. The summed E-state index contributed by atoms with van der Waals surface area (Å²) < 4.78 is 12.9. The zero-order chi connectivity index (χ0) is 18.0. The molecule has 11 heteroatoms. The van der Waals surface area contributed by atoms with E-state index in [1.54, 1.807) is 4.57 Å². The number of nitrogens with two attached hydrogens (primary N) is 1. The first-order chi connectivity index (χ1) is 12.1. The molecule has 3 heterocycles. The van der Waals surface area contributed by atoms with Gasteiger partial charge >= 0.3 is 0 Å². The van der Waals surface area contributed by atoms with Gasteiger partial charge in [-0.05, 0) is 0 Å². The number of fused-ring (bicyclic) bond motifs is 1. The molecule has 1 unspecified atom stereocenters. The number of nitrogen functional groups attached to an aromatic ring is 1. The highest BCUT2D eigenvalue weighted by Gasteiger charge is 2.45. The van der Waals surface area contributed by atoms with Crippen molar-refractivity contribution in [3.63, 3.8) is 0 Å². The number of aliphatic hydroxyl groups is 2. The van der Waals surface area contributed by atoms with Crippen LogP contribution in [0.1, 0.15) is 12.6 Å². The number of carbonyl (C=O) groups excluding carboxylic acids is 1. The summed E-state index contributed by atoms with van der Waals surface area (Å²) in [7, 11) is 1.53. The summed E-state index contributed by atoms with van der Waals surface area (Å²) in [4.78, 5) is 23.5. The van der Waals surface area contributed by atoms with Crippen LogP contribution in [0.5, 0.6) is 0 Å². The fourth-order valence-electron chi connectivity index (χ4n) is 2.74. The SMILES string of the molecule is CNC(=O)CCO[C@H]1C(O)[C@@H](CO)O[C@H]1n1cnc2c(N)ncnc21. The predicted octanol–water partition coefficient (Wildman–Crippen LogP) is -1.82. The molecule has 0 spiro atoms. The lowest BCUT2D eigenvalue weighted by Crippen LogP contribution is -2.36. The fourth-order valence-corrected chi connectivity index (χ4v) is 2.74. The Kier molecular flexibility index (Phi) is 5.08. The zero-order valence-electron chi connectivity index (χ0n) is 13.6. The molecule has 1 aliphatic rings. The van der Waals surface area contributed by atoms with Gasteiger partial charge < -0.3 is 30.7 Å². The van der Waals surface area contributed by atoms with Crippen LogP contribution in [-0.2, 0) is 14.3 Å².